The molecule has 6 heterocycles. The van der Waals surface area contributed by atoms with E-state index in [-0.39, 0.29) is 36.0 Å². The molecule has 11 rings (SSSR count). The monoisotopic (exact) mass is 1510 g/mol. The van der Waals surface area contributed by atoms with Gasteiger partial charge in [-0.15, -0.1) is 0 Å². The van der Waals surface area contributed by atoms with Crippen molar-refractivity contribution < 1.29 is 147 Å². The number of hydrogen-bond donors (Lipinski definition) is 13. The second-order valence-corrected chi connectivity index (χ2v) is 30.9. The molecule has 0 aromatic carbocycles. The Balaban J connectivity index is 1.07. The van der Waals surface area contributed by atoms with Crippen molar-refractivity contribution in [2.75, 3.05) is 33.0 Å². The average Bonchev–Trinajstić information content (AvgIpc) is 1.55. The van der Waals surface area contributed by atoms with Crippen molar-refractivity contribution in [3.63, 3.8) is 0 Å². The van der Waals surface area contributed by atoms with Crippen LogP contribution < -0.4 is 0 Å². The number of carbonyl (C=O) groups is 9. The van der Waals surface area contributed by atoms with Crippen LogP contribution in [0.3, 0.4) is 0 Å². The first-order chi connectivity index (χ1) is 50.6. The van der Waals surface area contributed by atoms with Gasteiger partial charge in [-0.25, -0.2) is 19.2 Å². The van der Waals surface area contributed by atoms with Crippen molar-refractivity contribution in [1.29, 1.82) is 0 Å². The zero-order chi connectivity index (χ0) is 79.4. The number of hydrogen-bond acceptors (Lipinski definition) is 30. The van der Waals surface area contributed by atoms with Gasteiger partial charge in [-0.1, -0.05) is 101 Å². The van der Waals surface area contributed by atoms with E-state index in [1.807, 2.05) is 0 Å². The standard InChI is InChI=1S/C78H90O30/c1-35-13-11-17-71(7)27-43(33-101-69-59(91)57(89)55(87)47(31-81)103-69)39(5)23-75(71)61(93)49(65(97)105-75)46(84)16-20-74(10)26-42(30-80)38(4)22-78(74)64(96)52(68(100)108-78)54(86)36(2)14-12-18-72(8)28-44(34-102-70-60(92)58(90)56(88)48(32-82)104-70)40(6)24-76(72)62(94)50(66(98)106-76)45(83)15-19-73(9)25-41(29-79)37(3)21-77(73)63(95)51(53(35)85)67(99)107-77/h11-20,25-29,37-40,47-48,55-60,69-70,80-92H,21-24,30-34H2,1-10H3/b17-11+,18-12+,19-15+,20-16+,35-13+,36-14+,49-46+,50-45+,53-51-,54-52?/t37?,38?,39?,40?,47-,48-,55+,56+,57+,58+,59-,60-,69+,70+,71?,72?,73?,74?,75?,76?,77?,78?/m1/s1. The topological polar surface area (TPSA) is 490 Å². The Hall–Kier alpha value is -8.73. The molecule has 5 aliphatic carbocycles. The molecule has 22 atom stereocenters. The number of Topliss-reactive ketones (excluding diaryl/α,β-unsaturated/α-hetero) is 4. The molecule has 8 bridgehead atoms. The van der Waals surface area contributed by atoms with Gasteiger partial charge >= 0.3 is 23.9 Å². The number of carbonyl (C=O) groups excluding carboxylic acids is 9. The van der Waals surface area contributed by atoms with E-state index in [9.17, 15) is 90.4 Å². The van der Waals surface area contributed by atoms with E-state index < -0.39 is 261 Å². The predicted octanol–water partition coefficient (Wildman–Crippen LogP) is 2.54. The van der Waals surface area contributed by atoms with Crippen LogP contribution in [0.25, 0.3) is 0 Å². The molecule has 30 nitrogen and oxygen atoms in total. The van der Waals surface area contributed by atoms with Crippen LogP contribution in [0, 0.1) is 45.3 Å². The van der Waals surface area contributed by atoms with Gasteiger partial charge in [-0.2, -0.15) is 0 Å². The molecule has 6 fully saturated rings. The van der Waals surface area contributed by atoms with Crippen LogP contribution in [-0.4, -0.2) is 237 Å². The highest BCUT2D eigenvalue weighted by atomic mass is 16.7. The molecule has 13 N–H and O–H groups in total. The lowest BCUT2D eigenvalue weighted by Gasteiger charge is -2.46. The van der Waals surface area contributed by atoms with Crippen molar-refractivity contribution in [3.8, 4) is 0 Å². The average molecular weight is 1510 g/mol. The number of fused-ring (bicyclic) bond motifs is 4. The summed E-state index contributed by atoms with van der Waals surface area (Å²) in [7, 11) is 0. The lowest BCUT2D eigenvalue weighted by molar-refractivity contribution is -0.299. The zero-order valence-electron chi connectivity index (χ0n) is 60.9. The van der Waals surface area contributed by atoms with Crippen LogP contribution in [0.2, 0.25) is 0 Å². The van der Waals surface area contributed by atoms with Crippen LogP contribution in [0.4, 0.5) is 0 Å². The molecule has 108 heavy (non-hydrogen) atoms. The minimum absolute atomic E-state index is 0.0906. The normalized spacial score (nSPS) is 45.3. The van der Waals surface area contributed by atoms with Gasteiger partial charge in [0.25, 0.3) is 0 Å². The molecular formula is C78H90O30. The van der Waals surface area contributed by atoms with Crippen LogP contribution in [0.15, 0.2) is 164 Å². The van der Waals surface area contributed by atoms with E-state index in [4.69, 9.17) is 37.9 Å². The SMILES string of the molecule is C/C1=C\C=C\C2(C)C=C(CO[C@H]3O[C@H](CO)[C@H](O)[C@H](O)[C@H]3O)C(C)CC23OC(=O)/C(=C(O)\C=C\C2(C)C=C(C=O)C(C)CC24OC(=O)/C(=C(O)/C(C)=C/C=C/C2(C)C=C(CO[C@H]5O[C@H](CO)[C@H](O)[C@H](O)[C@H]5O)C(C)CC25OC(=O)/C(=C(O)\C=C\C2(C)C=C(CO)C(C)CC26OC(=O)C(=C1O)C6=O)C5=O)C4=O)C3=O. The number of aldehydes is 1. The Kier molecular flexibility index (Phi) is 21.5. The van der Waals surface area contributed by atoms with Gasteiger partial charge < -0.3 is 104 Å². The summed E-state index contributed by atoms with van der Waals surface area (Å²) in [5, 5.41) is 143. The number of aliphatic hydroxyl groups is 13. The molecule has 0 amide bonds. The molecule has 6 saturated heterocycles. The summed E-state index contributed by atoms with van der Waals surface area (Å²) in [5.41, 5.74) is -19.5. The summed E-state index contributed by atoms with van der Waals surface area (Å²) in [6.45, 7) is 11.7. The maximum absolute atomic E-state index is 15.5. The highest BCUT2D eigenvalue weighted by Crippen LogP contribution is 2.59. The van der Waals surface area contributed by atoms with E-state index in [0.29, 0.717) is 23.0 Å². The second kappa shape index (κ2) is 28.9. The fourth-order valence-electron chi connectivity index (χ4n) is 16.9. The summed E-state index contributed by atoms with van der Waals surface area (Å²) in [6.07, 6.45) is -0.316. The Morgan fingerprint density at radius 3 is 1.10 bits per heavy atom. The summed E-state index contributed by atoms with van der Waals surface area (Å²) in [6, 6.07) is 0. The van der Waals surface area contributed by atoms with E-state index in [2.05, 4.69) is 0 Å². The van der Waals surface area contributed by atoms with Crippen molar-refractivity contribution in [2.24, 2.45) is 45.3 Å². The largest absolute Gasteiger partial charge is 0.507 e. The van der Waals surface area contributed by atoms with Gasteiger partial charge in [0.1, 0.15) is 100 Å². The van der Waals surface area contributed by atoms with Crippen LogP contribution in [-0.2, 0) is 81.0 Å². The highest BCUT2D eigenvalue weighted by Gasteiger charge is 2.69. The third-order valence-electron chi connectivity index (χ3n) is 23.8. The van der Waals surface area contributed by atoms with Gasteiger partial charge in [-0.05, 0) is 111 Å². The predicted molar refractivity (Wildman–Crippen MR) is 370 cm³/mol. The van der Waals surface area contributed by atoms with Crippen LogP contribution in [0.5, 0.6) is 0 Å². The van der Waals surface area contributed by atoms with Gasteiger partial charge in [0.15, 0.2) is 35.0 Å². The van der Waals surface area contributed by atoms with Gasteiger partial charge in [0.05, 0.1) is 54.7 Å². The lowest BCUT2D eigenvalue weighted by atomic mass is 9.60. The Morgan fingerprint density at radius 1 is 0.435 bits per heavy atom. The third kappa shape index (κ3) is 12.6. The van der Waals surface area contributed by atoms with E-state index in [1.54, 1.807) is 27.7 Å². The molecular weight excluding hydrogens is 1420 g/mol. The van der Waals surface area contributed by atoms with E-state index in [1.165, 1.54) is 108 Å². The molecule has 11 aliphatic rings. The quantitative estimate of drug-likeness (QED) is 0.0491. The summed E-state index contributed by atoms with van der Waals surface area (Å²) in [5.74, 6) is -16.7. The lowest BCUT2D eigenvalue weighted by Crippen LogP contribution is -2.59. The fourth-order valence-corrected chi connectivity index (χ4v) is 16.9. The molecule has 6 aliphatic heterocycles. The Labute approximate surface area is 619 Å². The van der Waals surface area contributed by atoms with E-state index >= 15 is 19.2 Å². The Morgan fingerprint density at radius 2 is 0.750 bits per heavy atom. The minimum Gasteiger partial charge on any atom is -0.507 e. The second-order valence-electron chi connectivity index (χ2n) is 30.9. The molecule has 12 unspecified atom stereocenters. The number of aliphatic hydroxyl groups excluding tert-OH is 13. The highest BCUT2D eigenvalue weighted by molar-refractivity contribution is 6.29. The number of ether oxygens (including phenoxy) is 8. The summed E-state index contributed by atoms with van der Waals surface area (Å²) in [4.78, 5) is 132. The molecule has 0 aromatic heterocycles. The molecule has 0 aromatic rings. The number of allylic oxidation sites excluding steroid dienone is 9. The Bertz CT molecular complexity index is 4330. The maximum Gasteiger partial charge on any atom is 0.346 e. The molecule has 0 radical (unpaired) electrons. The first-order valence-corrected chi connectivity index (χ1v) is 35.3. The van der Waals surface area contributed by atoms with Crippen LogP contribution in [0.1, 0.15) is 94.9 Å². The molecule has 4 spiro atoms. The summed E-state index contributed by atoms with van der Waals surface area (Å²) >= 11 is 0. The fraction of sp³-hybridized carbons (Fsp3) is 0.526. The zero-order valence-corrected chi connectivity index (χ0v) is 60.9. The van der Waals surface area contributed by atoms with Gasteiger partial charge in [0.2, 0.25) is 23.1 Å². The first-order valence-electron chi connectivity index (χ1n) is 35.3. The molecule has 582 valence electrons. The molecule has 30 heteroatoms. The van der Waals surface area contributed by atoms with Crippen molar-refractivity contribution in [2.45, 2.75) is 179 Å². The summed E-state index contributed by atoms with van der Waals surface area (Å²) < 4.78 is 47.5. The van der Waals surface area contributed by atoms with Gasteiger partial charge in [0, 0.05) is 25.7 Å². The van der Waals surface area contributed by atoms with E-state index in [0.717, 1.165) is 18.2 Å². The smallest absolute Gasteiger partial charge is 0.346 e. The van der Waals surface area contributed by atoms with Crippen LogP contribution >= 0.6 is 0 Å². The first kappa shape index (κ1) is 80.3. The van der Waals surface area contributed by atoms with Gasteiger partial charge in [-0.3, -0.25) is 24.0 Å². The molecule has 0 saturated carbocycles. The number of rotatable bonds is 10. The van der Waals surface area contributed by atoms with Crippen molar-refractivity contribution in [3.05, 3.63) is 164 Å². The van der Waals surface area contributed by atoms with Crippen molar-refractivity contribution in [1.82, 2.24) is 0 Å². The number of ketones is 4. The third-order valence-corrected chi connectivity index (χ3v) is 23.8. The maximum atomic E-state index is 15.5. The number of esters is 4. The van der Waals surface area contributed by atoms with Crippen molar-refractivity contribution >= 4 is 53.3 Å². The minimum atomic E-state index is -2.33.